The Balaban J connectivity index is 1.93. The van der Waals surface area contributed by atoms with Gasteiger partial charge in [0.05, 0.1) is 0 Å². The van der Waals surface area contributed by atoms with Crippen LogP contribution in [0.4, 0.5) is 4.79 Å². The molecule has 0 aromatic rings. The summed E-state index contributed by atoms with van der Waals surface area (Å²) >= 11 is 0. The third-order valence-electron chi connectivity index (χ3n) is 4.10. The van der Waals surface area contributed by atoms with Crippen LogP contribution in [0.3, 0.4) is 0 Å². The number of carboxylic acid groups (broad SMARTS) is 1. The molecule has 0 saturated carbocycles. The molecule has 19 heavy (non-hydrogen) atoms. The van der Waals surface area contributed by atoms with Crippen molar-refractivity contribution in [1.82, 2.24) is 15.1 Å². The fourth-order valence-electron chi connectivity index (χ4n) is 3.13. The van der Waals surface area contributed by atoms with Crippen LogP contribution in [0.15, 0.2) is 0 Å². The van der Waals surface area contributed by atoms with E-state index in [4.69, 9.17) is 5.11 Å². The number of rotatable bonds is 4. The first-order chi connectivity index (χ1) is 8.99. The van der Waals surface area contributed by atoms with Gasteiger partial charge in [0.2, 0.25) is 0 Å². The fraction of sp³-hybridized carbons (Fsp3) is 0.846. The fourth-order valence-corrected chi connectivity index (χ4v) is 3.13. The molecule has 2 amide bonds. The van der Waals surface area contributed by atoms with Crippen LogP contribution in [0.5, 0.6) is 0 Å². The molecule has 0 aromatic carbocycles. The van der Waals surface area contributed by atoms with Gasteiger partial charge in [0.25, 0.3) is 0 Å². The minimum absolute atomic E-state index is 0.114. The smallest absolute Gasteiger partial charge is 0.323 e. The topological polar surface area (TPSA) is 72.9 Å². The number of carboxylic acids is 1. The van der Waals surface area contributed by atoms with Gasteiger partial charge in [-0.2, -0.15) is 0 Å². The number of hydrogen-bond donors (Lipinski definition) is 2. The molecule has 2 saturated heterocycles. The van der Waals surface area contributed by atoms with Crippen LogP contribution in [-0.2, 0) is 4.79 Å². The number of nitrogens with one attached hydrogen (secondary N) is 1. The highest BCUT2D eigenvalue weighted by molar-refractivity contribution is 5.80. The highest BCUT2D eigenvalue weighted by Crippen LogP contribution is 2.28. The van der Waals surface area contributed by atoms with E-state index in [0.717, 1.165) is 25.9 Å². The second kappa shape index (κ2) is 5.77. The third-order valence-corrected chi connectivity index (χ3v) is 4.10. The number of urea groups is 1. The van der Waals surface area contributed by atoms with Crippen LogP contribution in [0.2, 0.25) is 0 Å². The number of hydrogen-bond acceptors (Lipinski definition) is 3. The molecule has 0 bridgehead atoms. The van der Waals surface area contributed by atoms with Crippen molar-refractivity contribution in [2.24, 2.45) is 0 Å². The van der Waals surface area contributed by atoms with Gasteiger partial charge in [-0.05, 0) is 39.7 Å². The minimum Gasteiger partial charge on any atom is -0.480 e. The first kappa shape index (κ1) is 14.1. The predicted molar refractivity (Wildman–Crippen MR) is 71.0 cm³/mol. The Hall–Kier alpha value is -1.30. The first-order valence-electron chi connectivity index (χ1n) is 7.02. The number of aliphatic carboxylic acids is 1. The molecule has 2 unspecified atom stereocenters. The Morgan fingerprint density at radius 2 is 2.11 bits per heavy atom. The monoisotopic (exact) mass is 269 g/mol. The molecular formula is C13H23N3O3. The van der Waals surface area contributed by atoms with E-state index in [1.165, 1.54) is 11.3 Å². The molecule has 2 N–H and O–H groups in total. The average Bonchev–Trinajstić information content (AvgIpc) is 2.90. The van der Waals surface area contributed by atoms with Gasteiger partial charge in [-0.15, -0.1) is 0 Å². The van der Waals surface area contributed by atoms with Crippen LogP contribution in [-0.4, -0.2) is 64.7 Å². The molecule has 2 rings (SSSR count). The zero-order valence-electron chi connectivity index (χ0n) is 11.6. The molecule has 2 atom stereocenters. The summed E-state index contributed by atoms with van der Waals surface area (Å²) in [4.78, 5) is 26.8. The standard InChI is InChI=1S/C13H23N3O3/c1-9(2)16(8-12(17)18)13(19)14-10-5-7-15-6-3-4-11(10)15/h9-11H,3-8H2,1-2H3,(H,14,19)(H,17,18). The van der Waals surface area contributed by atoms with Crippen molar-refractivity contribution >= 4 is 12.0 Å². The van der Waals surface area contributed by atoms with Gasteiger partial charge in [0, 0.05) is 24.7 Å². The molecule has 2 aliphatic heterocycles. The lowest BCUT2D eigenvalue weighted by atomic mass is 10.1. The quantitative estimate of drug-likeness (QED) is 0.789. The molecule has 2 fully saturated rings. The summed E-state index contributed by atoms with van der Waals surface area (Å²) in [6, 6.07) is 0.251. The summed E-state index contributed by atoms with van der Waals surface area (Å²) in [5, 5.41) is 11.9. The van der Waals surface area contributed by atoms with Crippen molar-refractivity contribution in [2.45, 2.75) is 51.2 Å². The Kier molecular flexibility index (Phi) is 4.29. The van der Waals surface area contributed by atoms with E-state index < -0.39 is 5.97 Å². The van der Waals surface area contributed by atoms with E-state index in [0.29, 0.717) is 6.04 Å². The van der Waals surface area contributed by atoms with Gasteiger partial charge in [-0.25, -0.2) is 4.79 Å². The number of amides is 2. The lowest BCUT2D eigenvalue weighted by molar-refractivity contribution is -0.138. The van der Waals surface area contributed by atoms with Gasteiger partial charge >= 0.3 is 12.0 Å². The van der Waals surface area contributed by atoms with Crippen LogP contribution >= 0.6 is 0 Å². The zero-order valence-corrected chi connectivity index (χ0v) is 11.6. The van der Waals surface area contributed by atoms with E-state index >= 15 is 0 Å². The van der Waals surface area contributed by atoms with Gasteiger partial charge in [0.15, 0.2) is 0 Å². The summed E-state index contributed by atoms with van der Waals surface area (Å²) in [5.41, 5.74) is 0. The molecule has 6 heteroatoms. The van der Waals surface area contributed by atoms with Gasteiger partial charge in [-0.1, -0.05) is 0 Å². The van der Waals surface area contributed by atoms with E-state index in [-0.39, 0.29) is 24.7 Å². The summed E-state index contributed by atoms with van der Waals surface area (Å²) in [6.07, 6.45) is 3.29. The number of carbonyl (C=O) groups excluding carboxylic acids is 1. The molecule has 0 aromatic heterocycles. The van der Waals surface area contributed by atoms with Crippen LogP contribution in [0.25, 0.3) is 0 Å². The third kappa shape index (κ3) is 3.18. The number of nitrogens with zero attached hydrogens (tertiary/aromatic N) is 2. The maximum atomic E-state index is 12.2. The van der Waals surface area contributed by atoms with Crippen molar-refractivity contribution in [3.05, 3.63) is 0 Å². The minimum atomic E-state index is -0.974. The summed E-state index contributed by atoms with van der Waals surface area (Å²) in [6.45, 7) is 5.58. The van der Waals surface area contributed by atoms with E-state index in [9.17, 15) is 9.59 Å². The SMILES string of the molecule is CC(C)N(CC(=O)O)C(=O)NC1CCN2CCCC12. The highest BCUT2D eigenvalue weighted by atomic mass is 16.4. The Labute approximate surface area is 113 Å². The predicted octanol–water partition coefficient (Wildman–Crippen LogP) is 0.728. The van der Waals surface area contributed by atoms with Crippen LogP contribution in [0.1, 0.15) is 33.1 Å². The molecule has 0 radical (unpaired) electrons. The molecule has 6 nitrogen and oxygen atoms in total. The second-order valence-electron chi connectivity index (χ2n) is 5.71. The van der Waals surface area contributed by atoms with Crippen molar-refractivity contribution in [3.63, 3.8) is 0 Å². The second-order valence-corrected chi connectivity index (χ2v) is 5.71. The summed E-state index contributed by atoms with van der Waals surface area (Å²) in [5.74, 6) is -0.974. The van der Waals surface area contributed by atoms with Crippen molar-refractivity contribution in [2.75, 3.05) is 19.6 Å². The molecular weight excluding hydrogens is 246 g/mol. The molecule has 2 heterocycles. The maximum absolute atomic E-state index is 12.2. The Morgan fingerprint density at radius 3 is 2.74 bits per heavy atom. The molecule has 108 valence electrons. The van der Waals surface area contributed by atoms with Crippen LogP contribution < -0.4 is 5.32 Å². The van der Waals surface area contributed by atoms with Crippen molar-refractivity contribution in [3.8, 4) is 0 Å². The Bertz CT molecular complexity index is 359. The lowest BCUT2D eigenvalue weighted by Gasteiger charge is -2.28. The van der Waals surface area contributed by atoms with E-state index in [2.05, 4.69) is 10.2 Å². The highest BCUT2D eigenvalue weighted by Gasteiger charge is 2.38. The van der Waals surface area contributed by atoms with Crippen molar-refractivity contribution in [1.29, 1.82) is 0 Å². The van der Waals surface area contributed by atoms with Crippen LogP contribution in [0, 0.1) is 0 Å². The van der Waals surface area contributed by atoms with E-state index in [1.807, 2.05) is 13.8 Å². The molecule has 2 aliphatic rings. The maximum Gasteiger partial charge on any atom is 0.323 e. The molecule has 0 aliphatic carbocycles. The Morgan fingerprint density at radius 1 is 1.37 bits per heavy atom. The average molecular weight is 269 g/mol. The summed E-state index contributed by atoms with van der Waals surface area (Å²) in [7, 11) is 0. The zero-order chi connectivity index (χ0) is 14.0. The number of fused-ring (bicyclic) bond motifs is 1. The van der Waals surface area contributed by atoms with E-state index in [1.54, 1.807) is 0 Å². The van der Waals surface area contributed by atoms with Gasteiger partial charge in [-0.3, -0.25) is 9.69 Å². The largest absolute Gasteiger partial charge is 0.480 e. The van der Waals surface area contributed by atoms with Gasteiger partial charge in [0.1, 0.15) is 6.54 Å². The van der Waals surface area contributed by atoms with Crippen molar-refractivity contribution < 1.29 is 14.7 Å². The summed E-state index contributed by atoms with van der Waals surface area (Å²) < 4.78 is 0. The molecule has 0 spiro atoms. The normalized spacial score (nSPS) is 26.5. The van der Waals surface area contributed by atoms with Gasteiger partial charge < -0.3 is 15.3 Å². The number of carbonyl (C=O) groups is 2. The lowest BCUT2D eigenvalue weighted by Crippen LogP contribution is -2.51. The first-order valence-corrected chi connectivity index (χ1v) is 7.02.